The first-order valence-electron chi connectivity index (χ1n) is 48.5. The summed E-state index contributed by atoms with van der Waals surface area (Å²) in [5, 5.41) is 38.0. The van der Waals surface area contributed by atoms with Gasteiger partial charge in [-0.15, -0.1) is 105 Å². The van der Waals surface area contributed by atoms with Crippen LogP contribution in [0, 0.1) is 83.4 Å². The predicted octanol–water partition coefficient (Wildman–Crippen LogP) is 31.5. The number of pyridine rings is 3. The number of allylic oxidation sites excluding steroid dienone is 5. The molecule has 0 bridgehead atoms. The molecule has 0 atom stereocenters. The van der Waals surface area contributed by atoms with E-state index in [4.69, 9.17) is 15.0 Å². The van der Waals surface area contributed by atoms with Gasteiger partial charge in [0.05, 0.1) is 46.5 Å². The van der Waals surface area contributed by atoms with Crippen molar-refractivity contribution in [2.24, 2.45) is 23.7 Å². The maximum atomic E-state index is 12.4. The number of nitrogens with zero attached hydrogens (tertiary/aromatic N) is 3. The van der Waals surface area contributed by atoms with E-state index >= 15 is 0 Å². The smallest absolute Gasteiger partial charge is 0.189 e. The van der Waals surface area contributed by atoms with Gasteiger partial charge in [0, 0.05) is 129 Å². The van der Waals surface area contributed by atoms with E-state index in [9.17, 15) is 29.7 Å². The van der Waals surface area contributed by atoms with Crippen LogP contribution < -0.4 is 15.6 Å². The zero-order valence-electron chi connectivity index (χ0n) is 84.1. The van der Waals surface area contributed by atoms with Gasteiger partial charge in [-0.2, -0.15) is 0 Å². The third kappa shape index (κ3) is 30.9. The van der Waals surface area contributed by atoms with Gasteiger partial charge in [0.25, 0.3) is 0 Å². The van der Waals surface area contributed by atoms with E-state index in [-0.39, 0.29) is 113 Å². The molecule has 721 valence electrons. The fourth-order valence-corrected chi connectivity index (χ4v) is 23.4. The molecule has 0 spiro atoms. The van der Waals surface area contributed by atoms with Crippen molar-refractivity contribution >= 4 is 95.6 Å². The van der Waals surface area contributed by atoms with Crippen LogP contribution >= 0.6 is 0 Å². The maximum absolute atomic E-state index is 12.4. The largest absolute Gasteiger partial charge is 0.512 e. The van der Waals surface area contributed by atoms with Gasteiger partial charge in [-0.3, -0.25) is 29.3 Å². The van der Waals surface area contributed by atoms with Gasteiger partial charge >= 0.3 is 0 Å². The molecule has 9 nitrogen and oxygen atoms in total. The van der Waals surface area contributed by atoms with E-state index in [1.54, 1.807) is 36.4 Å². The Morgan fingerprint density at radius 3 is 0.964 bits per heavy atom. The molecule has 0 amide bonds. The molecular weight excluding hydrogens is 2260 g/mol. The molecule has 2 aliphatic carbocycles. The number of carbonyl (C=O) groups excluding carboxylic acids is 3. The van der Waals surface area contributed by atoms with Gasteiger partial charge in [0.1, 0.15) is 11.5 Å². The Balaban J connectivity index is 0.000000204. The summed E-state index contributed by atoms with van der Waals surface area (Å²) in [5.74, 6) is 1.40. The third-order valence-corrected chi connectivity index (χ3v) is 31.8. The minimum atomic E-state index is -1.50. The molecule has 0 aliphatic heterocycles. The van der Waals surface area contributed by atoms with Crippen LogP contribution in [0.15, 0.2) is 290 Å². The Kier molecular flexibility index (Phi) is 43.2. The van der Waals surface area contributed by atoms with Crippen molar-refractivity contribution in [3.05, 3.63) is 353 Å². The quantitative estimate of drug-likeness (QED) is 0.0198. The normalized spacial score (nSPS) is 13.2. The summed E-state index contributed by atoms with van der Waals surface area (Å²) in [6, 6.07) is 100. The van der Waals surface area contributed by atoms with Gasteiger partial charge in [-0.1, -0.05) is 389 Å². The topological polar surface area (TPSA) is 151 Å². The van der Waals surface area contributed by atoms with Crippen molar-refractivity contribution in [2.75, 3.05) is 0 Å². The SMILES string of the molecule is CC(C(=O)C1CCCCC1)=C(O)C1CCCCC1.CCC(CC)C(=O)C=C(O)C(CC)CC.Cc1[c-]c(-c2ccc3c(-c4ccccc4)c([Si](C)(C)C)ccc3n2)cc(C)c1.Cc1[c-]c(-c2ccc3c(-c4ccccc4)c([Si](C)(C)C)ccc3n2)cc(C)c1.Cc1[c-]c(-c2ccc3c(-c4ccccc4)c([Si](C)(C)C)ccc3n2)cc(C)c1.O=C(C=C(O)c1ccccc1)c1ccccc1.[Ir].[Ir].[Ir]. The van der Waals surface area contributed by atoms with Crippen LogP contribution in [0.2, 0.25) is 58.9 Å². The van der Waals surface area contributed by atoms with E-state index in [0.29, 0.717) is 22.5 Å². The summed E-state index contributed by atoms with van der Waals surface area (Å²) in [5.41, 5.74) is 26.2. The minimum Gasteiger partial charge on any atom is -0.512 e. The number of Topliss-reactive ketones (excluding diaryl/α,β-unsaturated/α-hetero) is 1. The Hall–Kier alpha value is -10.1. The number of fused-ring (bicyclic) bond motifs is 3. The minimum absolute atomic E-state index is 0. The van der Waals surface area contributed by atoms with Crippen LogP contribution in [-0.4, -0.2) is 71.8 Å². The molecular formula is C122H140Ir3N3O6Si3-3. The van der Waals surface area contributed by atoms with E-state index in [1.165, 1.54) is 132 Å². The maximum Gasteiger partial charge on any atom is 0.189 e. The summed E-state index contributed by atoms with van der Waals surface area (Å²) < 4.78 is 0. The second-order valence-corrected chi connectivity index (χ2v) is 54.6. The number of aromatic nitrogens is 3. The summed E-state index contributed by atoms with van der Waals surface area (Å²) in [4.78, 5) is 50.9. The molecule has 3 N–H and O–H groups in total. The van der Waals surface area contributed by atoms with Crippen molar-refractivity contribution in [3.8, 4) is 67.2 Å². The molecule has 16 rings (SSSR count). The van der Waals surface area contributed by atoms with Crippen LogP contribution in [-0.2, 0) is 69.9 Å². The first-order chi connectivity index (χ1) is 64.0. The molecule has 3 heterocycles. The number of aliphatic hydroxyl groups excluding tert-OH is 3. The van der Waals surface area contributed by atoms with Crippen molar-refractivity contribution in [1.29, 1.82) is 0 Å². The van der Waals surface area contributed by atoms with Crippen molar-refractivity contribution < 1.29 is 90.0 Å². The second-order valence-electron chi connectivity index (χ2n) is 39.5. The molecule has 2 fully saturated rings. The van der Waals surface area contributed by atoms with E-state index in [2.05, 4.69) is 319 Å². The van der Waals surface area contributed by atoms with Gasteiger partial charge in [0.15, 0.2) is 17.3 Å². The van der Waals surface area contributed by atoms with E-state index in [1.807, 2.05) is 58.9 Å². The average molecular weight is 2410 g/mol. The number of rotatable bonds is 22. The first kappa shape index (κ1) is 112. The summed E-state index contributed by atoms with van der Waals surface area (Å²) in [6.07, 6.45) is 17.6. The number of carbonyl (C=O) groups is 3. The zero-order valence-corrected chi connectivity index (χ0v) is 94.3. The molecule has 0 saturated heterocycles. The molecule has 3 radical (unpaired) electrons. The van der Waals surface area contributed by atoms with E-state index < -0.39 is 24.2 Å². The number of aliphatic hydroxyl groups is 3. The van der Waals surface area contributed by atoms with Crippen LogP contribution in [0.3, 0.4) is 0 Å². The fourth-order valence-electron chi connectivity index (χ4n) is 18.5. The summed E-state index contributed by atoms with van der Waals surface area (Å²) >= 11 is 0. The Bertz CT molecular complexity index is 5930. The van der Waals surface area contributed by atoms with Crippen LogP contribution in [0.4, 0.5) is 0 Å². The number of hydrogen-bond acceptors (Lipinski definition) is 9. The number of hydrogen-bond donors (Lipinski definition) is 3. The first-order valence-corrected chi connectivity index (χ1v) is 59.0. The predicted molar refractivity (Wildman–Crippen MR) is 577 cm³/mol. The van der Waals surface area contributed by atoms with Gasteiger partial charge in [-0.05, 0) is 127 Å². The monoisotopic (exact) mass is 2410 g/mol. The van der Waals surface area contributed by atoms with Crippen molar-refractivity contribution in [1.82, 2.24) is 15.0 Å². The zero-order chi connectivity index (χ0) is 96.6. The Morgan fingerprint density at radius 2 is 0.664 bits per heavy atom. The van der Waals surface area contributed by atoms with Gasteiger partial charge in [-0.25, -0.2) is 0 Å². The summed E-state index contributed by atoms with van der Waals surface area (Å²) in [7, 11) is -4.51. The average Bonchev–Trinajstić information content (AvgIpc) is 0.766. The van der Waals surface area contributed by atoms with Gasteiger partial charge < -0.3 is 15.3 Å². The van der Waals surface area contributed by atoms with E-state index in [0.717, 1.165) is 118 Å². The van der Waals surface area contributed by atoms with Crippen LogP contribution in [0.5, 0.6) is 0 Å². The van der Waals surface area contributed by atoms with Crippen molar-refractivity contribution in [2.45, 2.75) is 225 Å². The van der Waals surface area contributed by atoms with Crippen LogP contribution in [0.25, 0.3) is 106 Å². The Labute approximate surface area is 861 Å². The van der Waals surface area contributed by atoms with Crippen LogP contribution in [0.1, 0.15) is 174 Å². The third-order valence-electron chi connectivity index (χ3n) is 25.7. The molecule has 2 aliphatic rings. The number of ketones is 3. The fraction of sp³-hybridized carbons (Fsp3) is 0.311. The molecule has 0 unspecified atom stereocenters. The summed E-state index contributed by atoms with van der Waals surface area (Å²) in [6.45, 7) is 44.2. The number of benzene rings is 11. The standard InChI is InChI=1S/3C26H26NSi.C16H26O2.C15H12O2.C13H24O2.3Ir/c3*1-18-15-19(2)17-21(16-18)23-12-11-22-24(27-23)13-14-25(28(3,4)5)26(22)20-9-7-6-8-10-20;1-12(15(17)13-8-4-2-5-9-13)16(18)14-10-6-3-7-11-14;16-14(12-7-3-1-4-8-12)11-15(17)13-9-5-2-6-10-13;1-5-10(6-2)12(14)9-13(15)11(7-3)8-4;;;/h3*6-16H,1-5H3;13-14,17H,2-11H2,1H3;1-11,16H;9-11,14H,5-8H2,1-4H3;;;/q3*-1;;;;;;. The second kappa shape index (κ2) is 52.8. The van der Waals surface area contributed by atoms with Crippen molar-refractivity contribution in [3.63, 3.8) is 0 Å². The molecule has 2 saturated carbocycles. The van der Waals surface area contributed by atoms with Gasteiger partial charge in [0.2, 0.25) is 0 Å². The Morgan fingerprint density at radius 1 is 0.365 bits per heavy atom. The number of aryl methyl sites for hydroxylation is 6. The molecule has 15 heteroatoms. The molecule has 3 aromatic heterocycles. The molecule has 137 heavy (non-hydrogen) atoms. The molecule has 14 aromatic rings. The molecule has 11 aromatic carbocycles.